The first-order valence-corrected chi connectivity index (χ1v) is 13.4. The van der Waals surface area contributed by atoms with Crippen molar-refractivity contribution in [1.82, 2.24) is 10.6 Å². The van der Waals surface area contributed by atoms with Crippen molar-refractivity contribution in [3.05, 3.63) is 72.6 Å². The van der Waals surface area contributed by atoms with Crippen LogP contribution in [0.4, 0.5) is 0 Å². The number of hydrogen-bond acceptors (Lipinski definition) is 3. The predicted molar refractivity (Wildman–Crippen MR) is 140 cm³/mol. The molecule has 188 valence electrons. The molecule has 2 bridgehead atoms. The Hall–Kier alpha value is -2.82. The van der Waals surface area contributed by atoms with Crippen molar-refractivity contribution in [3.8, 4) is 0 Å². The van der Waals surface area contributed by atoms with E-state index in [1.54, 1.807) is 0 Å². The lowest BCUT2D eigenvalue weighted by molar-refractivity contribution is -0.153. The number of hydrogen-bond donors (Lipinski definition) is 2. The molecule has 0 aromatic carbocycles. The lowest BCUT2D eigenvalue weighted by Crippen LogP contribution is -2.84. The second-order valence-corrected chi connectivity index (χ2v) is 10.6. The van der Waals surface area contributed by atoms with Gasteiger partial charge >= 0.3 is 0 Å². The van der Waals surface area contributed by atoms with Crippen molar-refractivity contribution in [2.75, 3.05) is 6.61 Å². The van der Waals surface area contributed by atoms with Crippen LogP contribution in [-0.2, 0) is 14.3 Å². The molecule has 5 aliphatic rings. The van der Waals surface area contributed by atoms with Crippen molar-refractivity contribution in [2.45, 2.75) is 88.1 Å². The maximum absolute atomic E-state index is 13.0. The highest BCUT2D eigenvalue weighted by Crippen LogP contribution is 2.60. The fourth-order valence-corrected chi connectivity index (χ4v) is 5.87. The van der Waals surface area contributed by atoms with E-state index in [1.807, 2.05) is 66.8 Å². The fraction of sp³-hybridized carbons (Fsp3) is 0.533. The molecule has 5 heteroatoms. The zero-order chi connectivity index (χ0) is 24.4. The van der Waals surface area contributed by atoms with Crippen LogP contribution in [0.5, 0.6) is 0 Å². The van der Waals surface area contributed by atoms with Crippen LogP contribution in [0.25, 0.3) is 0 Å². The topological polar surface area (TPSA) is 67.4 Å². The van der Waals surface area contributed by atoms with Crippen LogP contribution in [0.2, 0.25) is 0 Å². The Morgan fingerprint density at radius 1 is 0.714 bits per heavy atom. The summed E-state index contributed by atoms with van der Waals surface area (Å²) in [5.41, 5.74) is -0.265. The minimum absolute atomic E-state index is 0.0212. The predicted octanol–water partition coefficient (Wildman–Crippen LogP) is 5.73. The highest BCUT2D eigenvalue weighted by Gasteiger charge is 2.69. The van der Waals surface area contributed by atoms with Gasteiger partial charge in [-0.3, -0.25) is 9.59 Å². The minimum Gasteiger partial charge on any atom is -0.484 e. The molecule has 2 amide bonds. The Labute approximate surface area is 210 Å². The number of amides is 2. The van der Waals surface area contributed by atoms with E-state index in [1.165, 1.54) is 32.1 Å². The van der Waals surface area contributed by atoms with Crippen molar-refractivity contribution in [3.63, 3.8) is 0 Å². The third kappa shape index (κ3) is 7.33. The van der Waals surface area contributed by atoms with Crippen LogP contribution in [0, 0.1) is 5.92 Å². The molecule has 0 spiro atoms. The Morgan fingerprint density at radius 2 is 1.23 bits per heavy atom. The molecule has 0 radical (unpaired) electrons. The Balaban J connectivity index is 1.20. The van der Waals surface area contributed by atoms with E-state index in [4.69, 9.17) is 4.74 Å². The van der Waals surface area contributed by atoms with Gasteiger partial charge in [-0.05, 0) is 44.3 Å². The Bertz CT molecular complexity index is 907. The minimum atomic E-state index is -0.166. The zero-order valence-electron chi connectivity index (χ0n) is 20.8. The smallest absolute Gasteiger partial charge is 0.258 e. The van der Waals surface area contributed by atoms with Crippen LogP contribution < -0.4 is 10.6 Å². The lowest BCUT2D eigenvalue weighted by atomic mass is 9.44. The quantitative estimate of drug-likeness (QED) is 0.514. The molecule has 5 aliphatic carbocycles. The molecule has 2 N–H and O–H groups in total. The van der Waals surface area contributed by atoms with E-state index in [0.717, 1.165) is 44.9 Å². The summed E-state index contributed by atoms with van der Waals surface area (Å²) in [6.45, 7) is -0.0212. The summed E-state index contributed by atoms with van der Waals surface area (Å²) in [5, 5.41) is 6.52. The number of carbonyl (C=O) groups excluding carboxylic acids is 2. The summed E-state index contributed by atoms with van der Waals surface area (Å²) < 4.78 is 5.76. The molecular formula is C30H40N2O3. The number of rotatable bonds is 6. The molecule has 5 rings (SSSR count). The first-order chi connectivity index (χ1) is 17.1. The molecule has 35 heavy (non-hydrogen) atoms. The molecule has 0 heterocycles. The van der Waals surface area contributed by atoms with Gasteiger partial charge in [-0.25, -0.2) is 0 Å². The van der Waals surface area contributed by atoms with Crippen LogP contribution in [0.15, 0.2) is 72.6 Å². The van der Waals surface area contributed by atoms with Gasteiger partial charge in [-0.1, -0.05) is 99.6 Å². The summed E-state index contributed by atoms with van der Waals surface area (Å²) in [5.74, 6) is 0.914. The summed E-state index contributed by atoms with van der Waals surface area (Å²) >= 11 is 0. The van der Waals surface area contributed by atoms with Crippen molar-refractivity contribution in [1.29, 1.82) is 0 Å². The molecule has 5 nitrogen and oxygen atoms in total. The van der Waals surface area contributed by atoms with Gasteiger partial charge in [0.05, 0.1) is 0 Å². The van der Waals surface area contributed by atoms with Gasteiger partial charge in [0.25, 0.3) is 5.91 Å². The molecule has 0 aliphatic heterocycles. The summed E-state index contributed by atoms with van der Waals surface area (Å²) in [4.78, 5) is 25.6. The van der Waals surface area contributed by atoms with Gasteiger partial charge < -0.3 is 15.4 Å². The first-order valence-electron chi connectivity index (χ1n) is 13.4. The highest BCUT2D eigenvalue weighted by atomic mass is 16.5. The number of allylic oxidation sites excluding steroid dienone is 11. The van der Waals surface area contributed by atoms with Crippen molar-refractivity contribution in [2.24, 2.45) is 5.92 Å². The van der Waals surface area contributed by atoms with Crippen LogP contribution in [0.3, 0.4) is 0 Å². The Morgan fingerprint density at radius 3 is 1.86 bits per heavy atom. The largest absolute Gasteiger partial charge is 0.484 e. The van der Waals surface area contributed by atoms with E-state index in [2.05, 4.69) is 10.6 Å². The molecule has 0 unspecified atom stereocenters. The summed E-state index contributed by atoms with van der Waals surface area (Å²) in [6.07, 6.45) is 34.4. The molecule has 0 atom stereocenters. The SMILES string of the molecule is O=C(COC1=C\C=C/C=C\C=C/C=C\C=C1)NC12CC(NC(=O)C3CCCCCCCCC3)(C1)C2. The average molecular weight is 477 g/mol. The molecule has 4 saturated carbocycles. The fourth-order valence-electron chi connectivity index (χ4n) is 5.87. The number of carbonyl (C=O) groups is 2. The third-order valence-corrected chi connectivity index (χ3v) is 7.58. The van der Waals surface area contributed by atoms with E-state index in [9.17, 15) is 9.59 Å². The lowest BCUT2D eigenvalue weighted by Gasteiger charge is -2.70. The van der Waals surface area contributed by atoms with Crippen LogP contribution in [0.1, 0.15) is 77.0 Å². The first kappa shape index (κ1) is 25.3. The Kier molecular flexibility index (Phi) is 8.84. The van der Waals surface area contributed by atoms with Gasteiger partial charge in [-0.15, -0.1) is 0 Å². The maximum Gasteiger partial charge on any atom is 0.258 e. The highest BCUT2D eigenvalue weighted by molar-refractivity contribution is 5.82. The molecule has 0 aromatic rings. The third-order valence-electron chi connectivity index (χ3n) is 7.58. The number of ether oxygens (including phenoxy) is 1. The van der Waals surface area contributed by atoms with Crippen molar-refractivity contribution >= 4 is 11.8 Å². The van der Waals surface area contributed by atoms with Gasteiger partial charge in [0.2, 0.25) is 5.91 Å². The van der Waals surface area contributed by atoms with E-state index >= 15 is 0 Å². The van der Waals surface area contributed by atoms with Gasteiger partial charge in [0, 0.05) is 17.0 Å². The van der Waals surface area contributed by atoms with E-state index < -0.39 is 0 Å². The van der Waals surface area contributed by atoms with Gasteiger partial charge in [0.1, 0.15) is 5.76 Å². The van der Waals surface area contributed by atoms with E-state index in [0.29, 0.717) is 5.76 Å². The average Bonchev–Trinajstić information content (AvgIpc) is 2.80. The monoisotopic (exact) mass is 476 g/mol. The molecule has 0 saturated heterocycles. The zero-order valence-corrected chi connectivity index (χ0v) is 20.8. The summed E-state index contributed by atoms with van der Waals surface area (Å²) in [7, 11) is 0. The second kappa shape index (κ2) is 12.2. The summed E-state index contributed by atoms with van der Waals surface area (Å²) in [6, 6.07) is 0. The normalized spacial score (nSPS) is 32.6. The van der Waals surface area contributed by atoms with E-state index in [-0.39, 0.29) is 35.4 Å². The molecule has 0 aromatic heterocycles. The standard InChI is InChI=1S/C30H40N2O3/c33-27(21-35-26-19-15-11-7-2-1-3-8-12-16-20-26)31-29-22-30(23-29,24-29)32-28(34)25-17-13-9-5-4-6-10-14-18-25/h1-3,7-8,11-12,15-16,19-20,25H,4-6,9-10,13-14,17-18,21-24H2,(H,31,33)(H,32,34)/b2-1-,3-1?,7-2?,8-3-,11-7-,12-8?,15-11?,16-12-,19-15?,20-16?,26-19?,26-20?. The molecular weight excluding hydrogens is 436 g/mol. The maximum atomic E-state index is 13.0. The van der Waals surface area contributed by atoms with Crippen molar-refractivity contribution < 1.29 is 14.3 Å². The molecule has 4 fully saturated rings. The van der Waals surface area contributed by atoms with Crippen LogP contribution >= 0.6 is 0 Å². The second-order valence-electron chi connectivity index (χ2n) is 10.6. The van der Waals surface area contributed by atoms with Crippen LogP contribution in [-0.4, -0.2) is 29.5 Å². The van der Waals surface area contributed by atoms with Gasteiger partial charge in [-0.2, -0.15) is 0 Å². The number of nitrogens with one attached hydrogen (secondary N) is 2. The van der Waals surface area contributed by atoms with Gasteiger partial charge in [0.15, 0.2) is 6.61 Å².